The van der Waals surface area contributed by atoms with Crippen LogP contribution < -0.4 is 4.74 Å². The average Bonchev–Trinajstić information content (AvgIpc) is 2.70. The molecule has 1 saturated carbocycles. The van der Waals surface area contributed by atoms with Crippen molar-refractivity contribution in [2.45, 2.75) is 44.9 Å². The second kappa shape index (κ2) is 4.66. The zero-order valence-corrected chi connectivity index (χ0v) is 10.6. The number of ether oxygens (including phenoxy) is 2. The standard InChI is InChI=1S/C12H20N2O3/c1-4-14-11(10(16-3)8-13-14)12(15)6-9(7-12)17-5-2/h8-9,15H,4-7H2,1-3H3. The van der Waals surface area contributed by atoms with E-state index in [1.807, 2.05) is 13.8 Å². The van der Waals surface area contributed by atoms with Crippen molar-refractivity contribution >= 4 is 0 Å². The van der Waals surface area contributed by atoms with Crippen molar-refractivity contribution in [1.82, 2.24) is 9.78 Å². The van der Waals surface area contributed by atoms with Gasteiger partial charge in [0, 0.05) is 26.0 Å². The summed E-state index contributed by atoms with van der Waals surface area (Å²) < 4.78 is 12.5. The molecule has 0 radical (unpaired) electrons. The molecule has 1 fully saturated rings. The largest absolute Gasteiger partial charge is 0.493 e. The summed E-state index contributed by atoms with van der Waals surface area (Å²) in [5, 5.41) is 14.8. The topological polar surface area (TPSA) is 56.5 Å². The molecule has 0 bridgehead atoms. The van der Waals surface area contributed by atoms with Crippen molar-refractivity contribution in [2.75, 3.05) is 13.7 Å². The van der Waals surface area contributed by atoms with Gasteiger partial charge in [0.2, 0.25) is 0 Å². The van der Waals surface area contributed by atoms with Crippen LogP contribution in [0, 0.1) is 0 Å². The number of hydrogen-bond donors (Lipinski definition) is 1. The Morgan fingerprint density at radius 3 is 2.76 bits per heavy atom. The van der Waals surface area contributed by atoms with Crippen molar-refractivity contribution in [3.8, 4) is 5.75 Å². The molecule has 5 heteroatoms. The zero-order valence-electron chi connectivity index (χ0n) is 10.6. The molecule has 0 aliphatic heterocycles. The SMILES string of the molecule is CCOC1CC(O)(c2c(OC)cnn2CC)C1. The molecule has 1 aliphatic carbocycles. The lowest BCUT2D eigenvalue weighted by molar-refractivity contribution is -0.147. The molecule has 1 aromatic heterocycles. The van der Waals surface area contributed by atoms with Gasteiger partial charge < -0.3 is 14.6 Å². The molecule has 96 valence electrons. The normalized spacial score (nSPS) is 27.9. The third kappa shape index (κ3) is 2.05. The van der Waals surface area contributed by atoms with Gasteiger partial charge in [-0.3, -0.25) is 4.68 Å². The van der Waals surface area contributed by atoms with Crippen molar-refractivity contribution in [3.63, 3.8) is 0 Å². The highest BCUT2D eigenvalue weighted by Gasteiger charge is 2.48. The molecule has 0 atom stereocenters. The van der Waals surface area contributed by atoms with Gasteiger partial charge in [-0.1, -0.05) is 0 Å². The van der Waals surface area contributed by atoms with E-state index in [1.165, 1.54) is 0 Å². The maximum atomic E-state index is 10.6. The van der Waals surface area contributed by atoms with Crippen LogP contribution in [0.15, 0.2) is 6.20 Å². The molecular weight excluding hydrogens is 220 g/mol. The van der Waals surface area contributed by atoms with E-state index in [0.717, 1.165) is 12.2 Å². The molecule has 1 N–H and O–H groups in total. The zero-order chi connectivity index (χ0) is 12.5. The van der Waals surface area contributed by atoms with Crippen LogP contribution in [0.5, 0.6) is 5.75 Å². The van der Waals surface area contributed by atoms with Gasteiger partial charge in [-0.15, -0.1) is 0 Å². The van der Waals surface area contributed by atoms with Crippen molar-refractivity contribution < 1.29 is 14.6 Å². The van der Waals surface area contributed by atoms with Gasteiger partial charge in [0.25, 0.3) is 0 Å². The van der Waals surface area contributed by atoms with Crippen molar-refractivity contribution in [3.05, 3.63) is 11.9 Å². The molecule has 0 saturated heterocycles. The Morgan fingerprint density at radius 2 is 2.24 bits per heavy atom. The third-order valence-electron chi connectivity index (χ3n) is 3.30. The van der Waals surface area contributed by atoms with Crippen LogP contribution in [0.4, 0.5) is 0 Å². The minimum absolute atomic E-state index is 0.148. The molecule has 1 aromatic rings. The Kier molecular flexibility index (Phi) is 3.40. The number of aromatic nitrogens is 2. The van der Waals surface area contributed by atoms with Gasteiger partial charge in [-0.25, -0.2) is 0 Å². The number of methoxy groups -OCH3 is 1. The molecule has 17 heavy (non-hydrogen) atoms. The molecule has 0 unspecified atom stereocenters. The van der Waals surface area contributed by atoms with E-state index < -0.39 is 5.60 Å². The highest BCUT2D eigenvalue weighted by molar-refractivity contribution is 5.33. The summed E-state index contributed by atoms with van der Waals surface area (Å²) in [5.74, 6) is 0.657. The molecule has 0 spiro atoms. The van der Waals surface area contributed by atoms with E-state index in [2.05, 4.69) is 5.10 Å². The average molecular weight is 240 g/mol. The number of aryl methyl sites for hydroxylation is 1. The van der Waals surface area contributed by atoms with E-state index >= 15 is 0 Å². The minimum Gasteiger partial charge on any atom is -0.493 e. The molecule has 5 nitrogen and oxygen atoms in total. The summed E-state index contributed by atoms with van der Waals surface area (Å²) in [6.45, 7) is 5.37. The molecule has 0 amide bonds. The molecule has 1 aliphatic rings. The van der Waals surface area contributed by atoms with Crippen LogP contribution in [-0.4, -0.2) is 34.7 Å². The van der Waals surface area contributed by atoms with Gasteiger partial charge in [-0.2, -0.15) is 5.10 Å². The van der Waals surface area contributed by atoms with E-state index in [0.29, 0.717) is 25.2 Å². The van der Waals surface area contributed by atoms with Crippen LogP contribution in [0.3, 0.4) is 0 Å². The number of rotatable bonds is 5. The lowest BCUT2D eigenvalue weighted by Gasteiger charge is -2.43. The van der Waals surface area contributed by atoms with Crippen LogP contribution in [0.25, 0.3) is 0 Å². The number of aliphatic hydroxyl groups is 1. The lowest BCUT2D eigenvalue weighted by atomic mass is 9.75. The highest BCUT2D eigenvalue weighted by atomic mass is 16.5. The minimum atomic E-state index is -0.850. The van der Waals surface area contributed by atoms with E-state index in [4.69, 9.17) is 9.47 Å². The molecule has 1 heterocycles. The van der Waals surface area contributed by atoms with E-state index in [-0.39, 0.29) is 6.10 Å². The monoisotopic (exact) mass is 240 g/mol. The Labute approximate surface area is 101 Å². The summed E-state index contributed by atoms with van der Waals surface area (Å²) in [6, 6.07) is 0. The second-order valence-corrected chi connectivity index (χ2v) is 4.39. The molecular formula is C12H20N2O3. The highest BCUT2D eigenvalue weighted by Crippen LogP contribution is 2.46. The quantitative estimate of drug-likeness (QED) is 0.842. The first-order valence-electron chi connectivity index (χ1n) is 6.08. The smallest absolute Gasteiger partial charge is 0.162 e. The maximum absolute atomic E-state index is 10.6. The fraction of sp³-hybridized carbons (Fsp3) is 0.750. The third-order valence-corrected chi connectivity index (χ3v) is 3.30. The molecule has 0 aromatic carbocycles. The summed E-state index contributed by atoms with van der Waals surface area (Å²) >= 11 is 0. The fourth-order valence-corrected chi connectivity index (χ4v) is 2.47. The molecule has 2 rings (SSSR count). The second-order valence-electron chi connectivity index (χ2n) is 4.39. The Morgan fingerprint density at radius 1 is 1.53 bits per heavy atom. The summed E-state index contributed by atoms with van der Waals surface area (Å²) in [5.41, 5.74) is -0.0732. The first kappa shape index (κ1) is 12.4. The van der Waals surface area contributed by atoms with Crippen LogP contribution in [0.2, 0.25) is 0 Å². The van der Waals surface area contributed by atoms with E-state index in [9.17, 15) is 5.11 Å². The summed E-state index contributed by atoms with van der Waals surface area (Å²) in [4.78, 5) is 0. The van der Waals surface area contributed by atoms with E-state index in [1.54, 1.807) is 18.0 Å². The maximum Gasteiger partial charge on any atom is 0.162 e. The number of hydrogen-bond acceptors (Lipinski definition) is 4. The Hall–Kier alpha value is -1.07. The predicted molar refractivity (Wildman–Crippen MR) is 63.0 cm³/mol. The predicted octanol–water partition coefficient (Wildman–Crippen LogP) is 1.30. The lowest BCUT2D eigenvalue weighted by Crippen LogP contribution is -2.47. The number of nitrogens with zero attached hydrogens (tertiary/aromatic N) is 2. The Balaban J connectivity index is 2.19. The van der Waals surface area contributed by atoms with Gasteiger partial charge in [0.05, 0.1) is 19.4 Å². The summed E-state index contributed by atoms with van der Waals surface area (Å²) in [7, 11) is 1.60. The first-order chi connectivity index (χ1) is 8.14. The Bertz CT molecular complexity index is 362. The summed E-state index contributed by atoms with van der Waals surface area (Å²) in [6.07, 6.45) is 3.03. The fourth-order valence-electron chi connectivity index (χ4n) is 2.47. The van der Waals surface area contributed by atoms with Gasteiger partial charge in [-0.05, 0) is 13.8 Å². The first-order valence-corrected chi connectivity index (χ1v) is 6.08. The van der Waals surface area contributed by atoms with Crippen LogP contribution in [-0.2, 0) is 16.9 Å². The van der Waals surface area contributed by atoms with Gasteiger partial charge in [0.15, 0.2) is 5.75 Å². The van der Waals surface area contributed by atoms with Crippen molar-refractivity contribution in [2.24, 2.45) is 0 Å². The van der Waals surface area contributed by atoms with Crippen LogP contribution in [0.1, 0.15) is 32.4 Å². The van der Waals surface area contributed by atoms with Gasteiger partial charge in [0.1, 0.15) is 11.3 Å². The van der Waals surface area contributed by atoms with Crippen LogP contribution >= 0.6 is 0 Å². The van der Waals surface area contributed by atoms with Crippen molar-refractivity contribution in [1.29, 1.82) is 0 Å². The van der Waals surface area contributed by atoms with Gasteiger partial charge >= 0.3 is 0 Å².